The topological polar surface area (TPSA) is 49.4 Å². The Bertz CT molecular complexity index is 222. The van der Waals surface area contributed by atoms with E-state index in [1.807, 2.05) is 27.7 Å². The first-order chi connectivity index (χ1) is 8.63. The van der Waals surface area contributed by atoms with E-state index >= 15 is 0 Å². The van der Waals surface area contributed by atoms with Gasteiger partial charge in [0.05, 0.1) is 0 Å². The Labute approximate surface area is 112 Å². The third-order valence-electron chi connectivity index (χ3n) is 2.73. The van der Waals surface area contributed by atoms with Crippen molar-refractivity contribution in [3.05, 3.63) is 0 Å². The van der Waals surface area contributed by atoms with Crippen LogP contribution in [0.3, 0.4) is 0 Å². The average Bonchev–Trinajstić information content (AvgIpc) is 2.43. The third kappa shape index (κ3) is 8.09. The molecule has 1 aliphatic rings. The molecule has 18 heavy (non-hydrogen) atoms. The van der Waals surface area contributed by atoms with Gasteiger partial charge in [-0.25, -0.2) is 0 Å². The summed E-state index contributed by atoms with van der Waals surface area (Å²) in [6.45, 7) is 11.8. The fourth-order valence-corrected chi connectivity index (χ4v) is 1.60. The summed E-state index contributed by atoms with van der Waals surface area (Å²) in [7, 11) is 1.55. The number of nitrogens with one attached hydrogen (secondary N) is 1. The standard InChI is InChI=1S/C10H18N2O2.2C2H6/c1-8-3-5-12(6-4-8)10(14)7-9(13)11-2;2*1-2/h8H,3-7H2,1-2H3,(H,11,13);2*1-2H3. The van der Waals surface area contributed by atoms with Gasteiger partial charge in [0.1, 0.15) is 6.42 Å². The van der Waals surface area contributed by atoms with Crippen LogP contribution in [0.15, 0.2) is 0 Å². The van der Waals surface area contributed by atoms with Crippen LogP contribution in [0.1, 0.15) is 53.9 Å². The van der Waals surface area contributed by atoms with Crippen molar-refractivity contribution >= 4 is 11.8 Å². The lowest BCUT2D eigenvalue weighted by atomic mass is 9.99. The lowest BCUT2D eigenvalue weighted by molar-refractivity contribution is -0.136. The van der Waals surface area contributed by atoms with Crippen LogP contribution in [0.5, 0.6) is 0 Å². The maximum absolute atomic E-state index is 11.5. The molecule has 1 N–H and O–H groups in total. The van der Waals surface area contributed by atoms with Crippen LogP contribution in [0.2, 0.25) is 0 Å². The number of amides is 2. The number of carbonyl (C=O) groups is 2. The van der Waals surface area contributed by atoms with Crippen LogP contribution >= 0.6 is 0 Å². The van der Waals surface area contributed by atoms with Crippen LogP contribution in [0, 0.1) is 5.92 Å². The molecule has 0 unspecified atom stereocenters. The summed E-state index contributed by atoms with van der Waals surface area (Å²) in [5.41, 5.74) is 0. The van der Waals surface area contributed by atoms with Crippen LogP contribution in [0.25, 0.3) is 0 Å². The van der Waals surface area contributed by atoms with E-state index in [1.165, 1.54) is 0 Å². The summed E-state index contributed by atoms with van der Waals surface area (Å²) in [5.74, 6) is 0.462. The molecule has 1 saturated heterocycles. The number of carbonyl (C=O) groups excluding carboxylic acids is 2. The number of nitrogens with zero attached hydrogens (tertiary/aromatic N) is 1. The first-order valence-electron chi connectivity index (χ1n) is 7.12. The van der Waals surface area contributed by atoms with E-state index in [0.717, 1.165) is 25.9 Å². The molecular formula is C14H30N2O2. The van der Waals surface area contributed by atoms with Gasteiger partial charge in [-0.1, -0.05) is 34.6 Å². The Morgan fingerprint density at radius 3 is 1.94 bits per heavy atom. The predicted octanol–water partition coefficient (Wildman–Crippen LogP) is 2.43. The summed E-state index contributed by atoms with van der Waals surface area (Å²) < 4.78 is 0. The van der Waals surface area contributed by atoms with E-state index in [2.05, 4.69) is 12.2 Å². The zero-order chi connectivity index (χ0) is 14.6. The highest BCUT2D eigenvalue weighted by atomic mass is 16.2. The maximum Gasteiger partial charge on any atom is 0.232 e. The average molecular weight is 258 g/mol. The summed E-state index contributed by atoms with van der Waals surface area (Å²) in [6.07, 6.45) is 2.10. The third-order valence-corrected chi connectivity index (χ3v) is 2.73. The van der Waals surface area contributed by atoms with Crippen molar-refractivity contribution in [2.75, 3.05) is 20.1 Å². The number of rotatable bonds is 2. The van der Waals surface area contributed by atoms with E-state index in [9.17, 15) is 9.59 Å². The molecule has 108 valence electrons. The van der Waals surface area contributed by atoms with Crippen LogP contribution in [-0.2, 0) is 9.59 Å². The predicted molar refractivity (Wildman–Crippen MR) is 76.4 cm³/mol. The molecular weight excluding hydrogens is 228 g/mol. The largest absolute Gasteiger partial charge is 0.359 e. The lowest BCUT2D eigenvalue weighted by Gasteiger charge is -2.30. The molecule has 0 aromatic heterocycles. The Balaban J connectivity index is 0. The number of hydrogen-bond acceptors (Lipinski definition) is 2. The first kappa shape index (κ1) is 19.3. The van der Waals surface area contributed by atoms with E-state index in [4.69, 9.17) is 0 Å². The second kappa shape index (κ2) is 12.4. The summed E-state index contributed by atoms with van der Waals surface area (Å²) in [4.78, 5) is 24.3. The molecule has 1 fully saturated rings. The second-order valence-electron chi connectivity index (χ2n) is 3.91. The summed E-state index contributed by atoms with van der Waals surface area (Å²) in [5, 5.41) is 2.46. The lowest BCUT2D eigenvalue weighted by Crippen LogP contribution is -2.40. The van der Waals surface area contributed by atoms with E-state index < -0.39 is 0 Å². The molecule has 4 heteroatoms. The molecule has 0 bridgehead atoms. The highest BCUT2D eigenvalue weighted by Gasteiger charge is 2.21. The van der Waals surface area contributed by atoms with Gasteiger partial charge in [-0.05, 0) is 18.8 Å². The van der Waals surface area contributed by atoms with Crippen molar-refractivity contribution in [1.29, 1.82) is 0 Å². The van der Waals surface area contributed by atoms with Crippen molar-refractivity contribution in [3.63, 3.8) is 0 Å². The normalized spacial score (nSPS) is 14.7. The number of hydrogen-bond donors (Lipinski definition) is 1. The Morgan fingerprint density at radius 1 is 1.11 bits per heavy atom. The summed E-state index contributed by atoms with van der Waals surface area (Å²) in [6, 6.07) is 0. The van der Waals surface area contributed by atoms with Crippen molar-refractivity contribution in [1.82, 2.24) is 10.2 Å². The molecule has 0 radical (unpaired) electrons. The van der Waals surface area contributed by atoms with Crippen molar-refractivity contribution in [2.24, 2.45) is 5.92 Å². The zero-order valence-corrected chi connectivity index (χ0v) is 12.9. The molecule has 0 saturated carbocycles. The Kier molecular flexibility index (Phi) is 13.3. The molecule has 4 nitrogen and oxygen atoms in total. The fraction of sp³-hybridized carbons (Fsp3) is 0.857. The van der Waals surface area contributed by atoms with Crippen LogP contribution < -0.4 is 5.32 Å². The number of likely N-dealkylation sites (tertiary alicyclic amines) is 1. The van der Waals surface area contributed by atoms with Crippen LogP contribution in [-0.4, -0.2) is 36.9 Å². The molecule has 2 amide bonds. The van der Waals surface area contributed by atoms with Gasteiger partial charge in [-0.3, -0.25) is 9.59 Å². The van der Waals surface area contributed by atoms with E-state index in [-0.39, 0.29) is 18.2 Å². The van der Waals surface area contributed by atoms with Gasteiger partial charge in [-0.2, -0.15) is 0 Å². The molecule has 1 rings (SSSR count). The molecule has 0 aromatic carbocycles. The van der Waals surface area contributed by atoms with Gasteiger partial charge < -0.3 is 10.2 Å². The monoisotopic (exact) mass is 258 g/mol. The van der Waals surface area contributed by atoms with Crippen molar-refractivity contribution < 1.29 is 9.59 Å². The van der Waals surface area contributed by atoms with Gasteiger partial charge in [0.25, 0.3) is 0 Å². The Hall–Kier alpha value is -1.06. The first-order valence-corrected chi connectivity index (χ1v) is 7.12. The molecule has 1 heterocycles. The molecule has 0 spiro atoms. The zero-order valence-electron chi connectivity index (χ0n) is 12.9. The molecule has 0 atom stereocenters. The van der Waals surface area contributed by atoms with Gasteiger partial charge >= 0.3 is 0 Å². The number of piperidine rings is 1. The van der Waals surface area contributed by atoms with Crippen molar-refractivity contribution in [3.8, 4) is 0 Å². The molecule has 0 aromatic rings. The highest BCUT2D eigenvalue weighted by molar-refractivity contribution is 5.96. The van der Waals surface area contributed by atoms with Crippen LogP contribution in [0.4, 0.5) is 0 Å². The maximum atomic E-state index is 11.5. The van der Waals surface area contributed by atoms with E-state index in [0.29, 0.717) is 5.92 Å². The van der Waals surface area contributed by atoms with Gasteiger partial charge in [0.15, 0.2) is 0 Å². The Morgan fingerprint density at radius 2 is 1.56 bits per heavy atom. The second-order valence-corrected chi connectivity index (χ2v) is 3.91. The van der Waals surface area contributed by atoms with Gasteiger partial charge in [0, 0.05) is 20.1 Å². The molecule has 0 aliphatic carbocycles. The quantitative estimate of drug-likeness (QED) is 0.773. The summed E-state index contributed by atoms with van der Waals surface area (Å²) >= 11 is 0. The minimum absolute atomic E-state index is 0.00905. The van der Waals surface area contributed by atoms with Gasteiger partial charge in [0.2, 0.25) is 11.8 Å². The van der Waals surface area contributed by atoms with Crippen molar-refractivity contribution in [2.45, 2.75) is 53.9 Å². The minimum atomic E-state index is -0.200. The smallest absolute Gasteiger partial charge is 0.232 e. The molecule has 1 aliphatic heterocycles. The highest BCUT2D eigenvalue weighted by Crippen LogP contribution is 2.16. The van der Waals surface area contributed by atoms with E-state index in [1.54, 1.807) is 11.9 Å². The minimum Gasteiger partial charge on any atom is -0.359 e. The SMILES string of the molecule is CC.CC.CNC(=O)CC(=O)N1CCC(C)CC1. The fourth-order valence-electron chi connectivity index (χ4n) is 1.60. The van der Waals surface area contributed by atoms with Gasteiger partial charge in [-0.15, -0.1) is 0 Å².